The van der Waals surface area contributed by atoms with Gasteiger partial charge in [0.2, 0.25) is 0 Å². The van der Waals surface area contributed by atoms with Gasteiger partial charge in [0.05, 0.1) is 18.7 Å². The first-order valence-electron chi connectivity index (χ1n) is 10.9. The topological polar surface area (TPSA) is 59.9 Å². The Bertz CT molecular complexity index is 871. The smallest absolute Gasteiger partial charge is 0.192 e. The molecular formula is C24H33F2IN4O. The van der Waals surface area contributed by atoms with Gasteiger partial charge in [0, 0.05) is 26.2 Å². The second kappa shape index (κ2) is 13.1. The van der Waals surface area contributed by atoms with Crippen LogP contribution in [-0.2, 0) is 13.1 Å². The third-order valence-corrected chi connectivity index (χ3v) is 5.55. The van der Waals surface area contributed by atoms with Crippen molar-refractivity contribution >= 4 is 29.9 Å². The molecule has 1 heterocycles. The van der Waals surface area contributed by atoms with Crippen LogP contribution >= 0.6 is 24.0 Å². The highest BCUT2D eigenvalue weighted by atomic mass is 127. The molecule has 176 valence electrons. The highest BCUT2D eigenvalue weighted by molar-refractivity contribution is 14.0. The zero-order valence-electron chi connectivity index (χ0n) is 18.7. The van der Waals surface area contributed by atoms with Gasteiger partial charge in [-0.1, -0.05) is 30.3 Å². The van der Waals surface area contributed by atoms with Crippen molar-refractivity contribution < 1.29 is 13.9 Å². The molecule has 1 aliphatic rings. The zero-order valence-corrected chi connectivity index (χ0v) is 21.0. The SMILES string of the molecule is CCNC(=NCc1ccc(CN2CCC(O)CC2)cc1)NC(C)c1ccc(F)c(F)c1.I. The van der Waals surface area contributed by atoms with Gasteiger partial charge in [-0.05, 0) is 55.5 Å². The minimum Gasteiger partial charge on any atom is -0.393 e. The summed E-state index contributed by atoms with van der Waals surface area (Å²) in [5, 5.41) is 16.1. The Morgan fingerprint density at radius 2 is 1.75 bits per heavy atom. The molecule has 32 heavy (non-hydrogen) atoms. The van der Waals surface area contributed by atoms with Crippen molar-refractivity contribution in [1.82, 2.24) is 15.5 Å². The Kier molecular flexibility index (Phi) is 10.8. The summed E-state index contributed by atoms with van der Waals surface area (Å²) in [5.41, 5.74) is 3.00. The number of nitrogens with one attached hydrogen (secondary N) is 2. The van der Waals surface area contributed by atoms with Crippen molar-refractivity contribution in [2.24, 2.45) is 4.99 Å². The Balaban J connectivity index is 0.00000363. The lowest BCUT2D eigenvalue weighted by molar-refractivity contribution is 0.0792. The molecule has 1 atom stereocenters. The molecule has 0 aromatic heterocycles. The molecule has 0 amide bonds. The number of rotatable bonds is 7. The van der Waals surface area contributed by atoms with Crippen molar-refractivity contribution in [3.63, 3.8) is 0 Å². The highest BCUT2D eigenvalue weighted by Crippen LogP contribution is 2.17. The lowest BCUT2D eigenvalue weighted by atomic mass is 10.1. The third-order valence-electron chi connectivity index (χ3n) is 5.55. The van der Waals surface area contributed by atoms with E-state index in [1.807, 2.05) is 13.8 Å². The first-order chi connectivity index (χ1) is 14.9. The monoisotopic (exact) mass is 558 g/mol. The molecule has 2 aromatic rings. The van der Waals surface area contributed by atoms with Gasteiger partial charge in [0.1, 0.15) is 0 Å². The molecule has 1 saturated heterocycles. The molecule has 0 bridgehead atoms. The van der Waals surface area contributed by atoms with Gasteiger partial charge in [0.25, 0.3) is 0 Å². The maximum absolute atomic E-state index is 13.5. The summed E-state index contributed by atoms with van der Waals surface area (Å²) in [6.45, 7) is 7.83. The van der Waals surface area contributed by atoms with Crippen molar-refractivity contribution in [3.05, 3.63) is 70.8 Å². The number of likely N-dealkylation sites (tertiary alicyclic amines) is 1. The molecule has 0 radical (unpaired) electrons. The number of nitrogens with zero attached hydrogens (tertiary/aromatic N) is 2. The first-order valence-corrected chi connectivity index (χ1v) is 10.9. The molecule has 1 aliphatic heterocycles. The van der Waals surface area contributed by atoms with Crippen LogP contribution in [0.4, 0.5) is 8.78 Å². The molecular weight excluding hydrogens is 525 g/mol. The number of hydrogen-bond donors (Lipinski definition) is 3. The van der Waals surface area contributed by atoms with Crippen LogP contribution in [0.5, 0.6) is 0 Å². The van der Waals surface area contributed by atoms with E-state index in [1.54, 1.807) is 6.07 Å². The maximum atomic E-state index is 13.5. The highest BCUT2D eigenvalue weighted by Gasteiger charge is 2.16. The lowest BCUT2D eigenvalue weighted by Gasteiger charge is -2.29. The zero-order chi connectivity index (χ0) is 22.2. The fourth-order valence-corrected chi connectivity index (χ4v) is 3.65. The number of piperidine rings is 1. The number of guanidine groups is 1. The summed E-state index contributed by atoms with van der Waals surface area (Å²) in [7, 11) is 0. The molecule has 0 spiro atoms. The molecule has 0 aliphatic carbocycles. The number of halogens is 3. The average molecular weight is 558 g/mol. The van der Waals surface area contributed by atoms with E-state index in [2.05, 4.69) is 44.8 Å². The molecule has 3 N–H and O–H groups in total. The van der Waals surface area contributed by atoms with E-state index in [9.17, 15) is 13.9 Å². The summed E-state index contributed by atoms with van der Waals surface area (Å²) in [4.78, 5) is 7.00. The van der Waals surface area contributed by atoms with Gasteiger partial charge < -0.3 is 15.7 Å². The van der Waals surface area contributed by atoms with Crippen LogP contribution in [0.1, 0.15) is 49.4 Å². The molecule has 8 heteroatoms. The van der Waals surface area contributed by atoms with E-state index in [1.165, 1.54) is 11.6 Å². The minimum atomic E-state index is -0.853. The number of benzene rings is 2. The van der Waals surface area contributed by atoms with Crippen LogP contribution in [0, 0.1) is 11.6 Å². The number of aliphatic imine (C=N–C) groups is 1. The molecule has 3 rings (SSSR count). The first kappa shape index (κ1) is 26.5. The van der Waals surface area contributed by atoms with Crippen LogP contribution in [-0.4, -0.2) is 41.7 Å². The third kappa shape index (κ3) is 7.97. The Hall–Kier alpha value is -1.78. The molecule has 2 aromatic carbocycles. The lowest BCUT2D eigenvalue weighted by Crippen LogP contribution is -2.38. The van der Waals surface area contributed by atoms with Crippen LogP contribution in [0.25, 0.3) is 0 Å². The molecule has 0 saturated carbocycles. The van der Waals surface area contributed by atoms with Crippen LogP contribution < -0.4 is 10.6 Å². The van der Waals surface area contributed by atoms with E-state index in [0.717, 1.165) is 44.1 Å². The second-order valence-corrected chi connectivity index (χ2v) is 8.06. The summed E-state index contributed by atoms with van der Waals surface area (Å²) in [6.07, 6.45) is 1.53. The van der Waals surface area contributed by atoms with Crippen molar-refractivity contribution in [1.29, 1.82) is 0 Å². The normalized spacial score (nSPS) is 16.3. The van der Waals surface area contributed by atoms with Crippen LogP contribution in [0.2, 0.25) is 0 Å². The van der Waals surface area contributed by atoms with Gasteiger partial charge in [-0.2, -0.15) is 0 Å². The van der Waals surface area contributed by atoms with Gasteiger partial charge in [0.15, 0.2) is 17.6 Å². The van der Waals surface area contributed by atoms with Gasteiger partial charge >= 0.3 is 0 Å². The molecule has 1 fully saturated rings. The van der Waals surface area contributed by atoms with E-state index in [-0.39, 0.29) is 36.1 Å². The number of aliphatic hydroxyl groups excluding tert-OH is 1. The van der Waals surface area contributed by atoms with E-state index < -0.39 is 11.6 Å². The molecule has 1 unspecified atom stereocenters. The Labute approximate surface area is 206 Å². The van der Waals surface area contributed by atoms with Crippen molar-refractivity contribution in [3.8, 4) is 0 Å². The number of hydrogen-bond acceptors (Lipinski definition) is 3. The fraction of sp³-hybridized carbons (Fsp3) is 0.458. The van der Waals surface area contributed by atoms with Gasteiger partial charge in [-0.25, -0.2) is 13.8 Å². The average Bonchev–Trinajstić information content (AvgIpc) is 2.76. The van der Waals surface area contributed by atoms with Gasteiger partial charge in [-0.3, -0.25) is 4.90 Å². The predicted molar refractivity (Wildman–Crippen MR) is 135 cm³/mol. The minimum absolute atomic E-state index is 0. The van der Waals surface area contributed by atoms with E-state index in [4.69, 9.17) is 0 Å². The predicted octanol–water partition coefficient (Wildman–Crippen LogP) is 4.36. The summed E-state index contributed by atoms with van der Waals surface area (Å²) in [6, 6.07) is 12.1. The quantitative estimate of drug-likeness (QED) is 0.269. The molecule has 5 nitrogen and oxygen atoms in total. The number of aliphatic hydroxyl groups is 1. The van der Waals surface area contributed by atoms with Crippen LogP contribution in [0.3, 0.4) is 0 Å². The second-order valence-electron chi connectivity index (χ2n) is 8.06. The standard InChI is InChI=1S/C24H32F2N4O.HI/c1-3-27-24(29-17(2)20-8-9-22(25)23(26)14-20)28-15-18-4-6-19(7-5-18)16-30-12-10-21(31)11-13-30;/h4-9,14,17,21,31H,3,10-13,15-16H2,1-2H3,(H2,27,28,29);1H. The Morgan fingerprint density at radius 1 is 1.09 bits per heavy atom. The van der Waals surface area contributed by atoms with Crippen molar-refractivity contribution in [2.75, 3.05) is 19.6 Å². The van der Waals surface area contributed by atoms with E-state index >= 15 is 0 Å². The largest absolute Gasteiger partial charge is 0.393 e. The van der Waals surface area contributed by atoms with E-state index in [0.29, 0.717) is 24.6 Å². The Morgan fingerprint density at radius 3 is 2.38 bits per heavy atom. The summed E-state index contributed by atoms with van der Waals surface area (Å²) >= 11 is 0. The maximum Gasteiger partial charge on any atom is 0.192 e. The van der Waals surface area contributed by atoms with Crippen LogP contribution in [0.15, 0.2) is 47.5 Å². The van der Waals surface area contributed by atoms with Crippen molar-refractivity contribution in [2.45, 2.75) is 51.9 Å². The summed E-state index contributed by atoms with van der Waals surface area (Å²) < 4.78 is 26.7. The summed E-state index contributed by atoms with van der Waals surface area (Å²) in [5.74, 6) is -1.08. The fourth-order valence-electron chi connectivity index (χ4n) is 3.65. The van der Waals surface area contributed by atoms with Gasteiger partial charge in [-0.15, -0.1) is 24.0 Å².